The number of carbonyl (C=O) groups is 1. The van der Waals surface area contributed by atoms with E-state index in [1.165, 1.54) is 32.6 Å². The molecule has 0 aliphatic heterocycles. The Morgan fingerprint density at radius 1 is 1.27 bits per heavy atom. The quantitative estimate of drug-likeness (QED) is 0.531. The summed E-state index contributed by atoms with van der Waals surface area (Å²) in [5, 5.41) is 0. The van der Waals surface area contributed by atoms with Gasteiger partial charge in [-0.1, -0.05) is 12.8 Å². The van der Waals surface area contributed by atoms with E-state index in [0.29, 0.717) is 5.92 Å². The van der Waals surface area contributed by atoms with Crippen molar-refractivity contribution in [1.29, 1.82) is 0 Å². The second-order valence-electron chi connectivity index (χ2n) is 4.81. The molecule has 1 aliphatic carbocycles. The molecule has 0 saturated heterocycles. The molecule has 1 aliphatic rings. The lowest BCUT2D eigenvalue weighted by Crippen LogP contribution is -2.33. The highest BCUT2D eigenvalue weighted by atomic mass is 16.5. The van der Waals surface area contributed by atoms with Gasteiger partial charge in [-0.25, -0.2) is 0 Å². The molecule has 0 aromatic carbocycles. The number of rotatable bonds is 3. The Morgan fingerprint density at radius 3 is 2.53 bits per heavy atom. The third kappa shape index (κ3) is 4.65. The average Bonchev–Trinajstić information content (AvgIpc) is 2.30. The van der Waals surface area contributed by atoms with Crippen molar-refractivity contribution in [3.05, 3.63) is 0 Å². The van der Waals surface area contributed by atoms with E-state index in [9.17, 15) is 4.79 Å². The molecule has 0 unspecified atom stereocenters. The molecule has 1 rings (SSSR count). The Morgan fingerprint density at radius 2 is 1.93 bits per heavy atom. The number of nitrogens with zero attached hydrogens (tertiary/aromatic N) is 1. The monoisotopic (exact) mass is 213 g/mol. The van der Waals surface area contributed by atoms with Crippen molar-refractivity contribution in [3.8, 4) is 0 Å². The van der Waals surface area contributed by atoms with Crippen LogP contribution in [-0.2, 0) is 9.53 Å². The highest BCUT2D eigenvalue weighted by Gasteiger charge is 2.26. The number of carbonyl (C=O) groups excluding carboxylic acids is 1. The van der Waals surface area contributed by atoms with Crippen LogP contribution in [0.1, 0.15) is 39.0 Å². The lowest BCUT2D eigenvalue weighted by atomic mass is 9.96. The summed E-state index contributed by atoms with van der Waals surface area (Å²) in [6, 6.07) is 0. The molecule has 0 bridgehead atoms. The van der Waals surface area contributed by atoms with Crippen LogP contribution in [0, 0.1) is 5.92 Å². The van der Waals surface area contributed by atoms with E-state index in [1.807, 2.05) is 0 Å². The standard InChI is InChI=1S/C12H23NO2/c1-10(14)15-12-8-6-4-5-7-11(12)9-13(2)3/h11-12H,4-9H2,1-3H3/t11-,12-/m1/s1. The van der Waals surface area contributed by atoms with Crippen molar-refractivity contribution in [1.82, 2.24) is 4.90 Å². The lowest BCUT2D eigenvalue weighted by molar-refractivity contribution is -0.149. The van der Waals surface area contributed by atoms with Gasteiger partial charge in [0.15, 0.2) is 0 Å². The Kier molecular flexibility index (Phi) is 5.09. The van der Waals surface area contributed by atoms with Crippen molar-refractivity contribution in [3.63, 3.8) is 0 Å². The fraction of sp³-hybridized carbons (Fsp3) is 0.917. The van der Waals surface area contributed by atoms with Crippen molar-refractivity contribution in [2.75, 3.05) is 20.6 Å². The van der Waals surface area contributed by atoms with Gasteiger partial charge in [0, 0.05) is 19.4 Å². The van der Waals surface area contributed by atoms with Crippen LogP contribution in [0.2, 0.25) is 0 Å². The molecule has 3 nitrogen and oxygen atoms in total. The van der Waals surface area contributed by atoms with E-state index in [0.717, 1.165) is 13.0 Å². The van der Waals surface area contributed by atoms with Crippen LogP contribution in [0.5, 0.6) is 0 Å². The van der Waals surface area contributed by atoms with Gasteiger partial charge in [-0.2, -0.15) is 0 Å². The summed E-state index contributed by atoms with van der Waals surface area (Å²) in [6.07, 6.45) is 6.13. The van der Waals surface area contributed by atoms with E-state index in [2.05, 4.69) is 19.0 Å². The lowest BCUT2D eigenvalue weighted by Gasteiger charge is -2.27. The summed E-state index contributed by atoms with van der Waals surface area (Å²) in [5.41, 5.74) is 0. The largest absolute Gasteiger partial charge is 0.462 e. The molecular formula is C12H23NO2. The second-order valence-corrected chi connectivity index (χ2v) is 4.81. The first kappa shape index (κ1) is 12.5. The summed E-state index contributed by atoms with van der Waals surface area (Å²) >= 11 is 0. The summed E-state index contributed by atoms with van der Waals surface area (Å²) in [6.45, 7) is 2.54. The predicted octanol–water partition coefficient (Wildman–Crippen LogP) is 2.06. The molecule has 0 amide bonds. The Labute approximate surface area is 92.8 Å². The third-order valence-corrected chi connectivity index (χ3v) is 3.01. The highest BCUT2D eigenvalue weighted by Crippen LogP contribution is 2.26. The first-order chi connectivity index (χ1) is 7.09. The summed E-state index contributed by atoms with van der Waals surface area (Å²) < 4.78 is 5.42. The molecule has 88 valence electrons. The molecular weight excluding hydrogens is 190 g/mol. The third-order valence-electron chi connectivity index (χ3n) is 3.01. The maximum atomic E-state index is 11.0. The minimum atomic E-state index is -0.134. The van der Waals surface area contributed by atoms with Gasteiger partial charge in [0.1, 0.15) is 6.10 Å². The van der Waals surface area contributed by atoms with Gasteiger partial charge in [0.25, 0.3) is 0 Å². The number of ether oxygens (including phenoxy) is 1. The van der Waals surface area contributed by atoms with Crippen LogP contribution < -0.4 is 0 Å². The van der Waals surface area contributed by atoms with Gasteiger partial charge >= 0.3 is 5.97 Å². The molecule has 0 aromatic rings. The smallest absolute Gasteiger partial charge is 0.302 e. The van der Waals surface area contributed by atoms with Crippen LogP contribution in [-0.4, -0.2) is 37.6 Å². The van der Waals surface area contributed by atoms with Crippen LogP contribution >= 0.6 is 0 Å². The minimum Gasteiger partial charge on any atom is -0.462 e. The highest BCUT2D eigenvalue weighted by molar-refractivity contribution is 5.66. The molecule has 3 heteroatoms. The average molecular weight is 213 g/mol. The van der Waals surface area contributed by atoms with Crippen molar-refractivity contribution < 1.29 is 9.53 Å². The molecule has 2 atom stereocenters. The van der Waals surface area contributed by atoms with E-state index < -0.39 is 0 Å². The van der Waals surface area contributed by atoms with Gasteiger partial charge in [-0.05, 0) is 33.4 Å². The van der Waals surface area contributed by atoms with Crippen LogP contribution in [0.25, 0.3) is 0 Å². The molecule has 0 aromatic heterocycles. The number of hydrogen-bond acceptors (Lipinski definition) is 3. The van der Waals surface area contributed by atoms with E-state index in [1.54, 1.807) is 0 Å². The maximum Gasteiger partial charge on any atom is 0.302 e. The SMILES string of the molecule is CC(=O)O[C@@H]1CCCCC[C@@H]1CN(C)C. The molecule has 0 radical (unpaired) electrons. The topological polar surface area (TPSA) is 29.5 Å². The first-order valence-electron chi connectivity index (χ1n) is 5.91. The van der Waals surface area contributed by atoms with Gasteiger partial charge < -0.3 is 9.64 Å². The minimum absolute atomic E-state index is 0.134. The van der Waals surface area contributed by atoms with Gasteiger partial charge in [-0.15, -0.1) is 0 Å². The van der Waals surface area contributed by atoms with E-state index in [4.69, 9.17) is 4.74 Å². The predicted molar refractivity (Wildman–Crippen MR) is 60.7 cm³/mol. The molecule has 15 heavy (non-hydrogen) atoms. The second kappa shape index (κ2) is 6.11. The Hall–Kier alpha value is -0.570. The molecule has 1 fully saturated rings. The normalized spacial score (nSPS) is 27.5. The Bertz CT molecular complexity index is 204. The van der Waals surface area contributed by atoms with Crippen LogP contribution in [0.3, 0.4) is 0 Å². The summed E-state index contributed by atoms with van der Waals surface area (Å²) in [4.78, 5) is 13.2. The molecule has 0 spiro atoms. The van der Waals surface area contributed by atoms with Crippen LogP contribution in [0.15, 0.2) is 0 Å². The summed E-state index contributed by atoms with van der Waals surface area (Å²) in [7, 11) is 4.16. The zero-order valence-corrected chi connectivity index (χ0v) is 10.2. The van der Waals surface area contributed by atoms with Gasteiger partial charge in [-0.3, -0.25) is 4.79 Å². The molecule has 0 heterocycles. The van der Waals surface area contributed by atoms with E-state index >= 15 is 0 Å². The fourth-order valence-electron chi connectivity index (χ4n) is 2.40. The van der Waals surface area contributed by atoms with Crippen molar-refractivity contribution in [2.45, 2.75) is 45.1 Å². The number of esters is 1. The Balaban J connectivity index is 2.54. The molecule has 0 N–H and O–H groups in total. The fourth-order valence-corrected chi connectivity index (χ4v) is 2.40. The van der Waals surface area contributed by atoms with Crippen molar-refractivity contribution >= 4 is 5.97 Å². The van der Waals surface area contributed by atoms with Crippen LogP contribution in [0.4, 0.5) is 0 Å². The first-order valence-corrected chi connectivity index (χ1v) is 5.91. The maximum absolute atomic E-state index is 11.0. The van der Waals surface area contributed by atoms with Crippen molar-refractivity contribution in [2.24, 2.45) is 5.92 Å². The van der Waals surface area contributed by atoms with E-state index in [-0.39, 0.29) is 12.1 Å². The molecule has 1 saturated carbocycles. The number of hydrogen-bond donors (Lipinski definition) is 0. The van der Waals surface area contributed by atoms with Gasteiger partial charge in [0.2, 0.25) is 0 Å². The summed E-state index contributed by atoms with van der Waals surface area (Å²) in [5.74, 6) is 0.386. The zero-order valence-electron chi connectivity index (χ0n) is 10.2. The zero-order chi connectivity index (χ0) is 11.3. The van der Waals surface area contributed by atoms with Gasteiger partial charge in [0.05, 0.1) is 0 Å².